The normalized spacial score (nSPS) is 15.8. The van der Waals surface area contributed by atoms with Crippen LogP contribution in [0.4, 0.5) is 0 Å². The highest BCUT2D eigenvalue weighted by molar-refractivity contribution is 5.37. The van der Waals surface area contributed by atoms with Crippen LogP contribution in [0.1, 0.15) is 23.5 Å². The van der Waals surface area contributed by atoms with Gasteiger partial charge in [-0.3, -0.25) is 0 Å². The van der Waals surface area contributed by atoms with Gasteiger partial charge in [-0.05, 0) is 17.2 Å². The zero-order chi connectivity index (χ0) is 13.8. The van der Waals surface area contributed by atoms with Gasteiger partial charge >= 0.3 is 0 Å². The van der Waals surface area contributed by atoms with E-state index in [0.29, 0.717) is 0 Å². The van der Waals surface area contributed by atoms with Gasteiger partial charge in [0.2, 0.25) is 0 Å². The summed E-state index contributed by atoms with van der Waals surface area (Å²) >= 11 is 0. The van der Waals surface area contributed by atoms with Gasteiger partial charge in [0.1, 0.15) is 5.76 Å². The maximum absolute atomic E-state index is 6.49. The first-order valence-electron chi connectivity index (χ1n) is 7.04. The maximum Gasteiger partial charge on any atom is 0.110 e. The third kappa shape index (κ3) is 2.61. The highest BCUT2D eigenvalue weighted by atomic mass is 16.5. The van der Waals surface area contributed by atoms with Crippen LogP contribution in [0.3, 0.4) is 0 Å². The summed E-state index contributed by atoms with van der Waals surface area (Å²) in [6.07, 6.45) is 3.07. The van der Waals surface area contributed by atoms with Crippen LogP contribution in [-0.4, -0.2) is 12.6 Å². The molecular formula is C18H19NO. The first-order valence-corrected chi connectivity index (χ1v) is 7.04. The third-order valence-corrected chi connectivity index (χ3v) is 3.74. The molecule has 0 aromatic heterocycles. The Kier molecular flexibility index (Phi) is 3.84. The molecule has 0 fully saturated rings. The van der Waals surface area contributed by atoms with E-state index in [9.17, 15) is 0 Å². The lowest BCUT2D eigenvalue weighted by atomic mass is 9.84. The van der Waals surface area contributed by atoms with Crippen LogP contribution in [0.2, 0.25) is 0 Å². The van der Waals surface area contributed by atoms with Crippen molar-refractivity contribution in [2.75, 3.05) is 6.61 Å². The molecule has 2 aromatic rings. The lowest BCUT2D eigenvalue weighted by Gasteiger charge is -2.25. The first-order chi connectivity index (χ1) is 9.86. The second-order valence-electron chi connectivity index (χ2n) is 5.07. The summed E-state index contributed by atoms with van der Waals surface area (Å²) in [6.45, 7) is 0.749. The van der Waals surface area contributed by atoms with Crippen molar-refractivity contribution < 1.29 is 4.74 Å². The van der Waals surface area contributed by atoms with E-state index in [-0.39, 0.29) is 12.0 Å². The van der Waals surface area contributed by atoms with E-state index < -0.39 is 0 Å². The largest absolute Gasteiger partial charge is 0.496 e. The average Bonchev–Trinajstić information content (AvgIpc) is 3.04. The Hall–Kier alpha value is -2.06. The molecule has 0 radical (unpaired) electrons. The Labute approximate surface area is 119 Å². The molecule has 0 amide bonds. The van der Waals surface area contributed by atoms with E-state index >= 15 is 0 Å². The van der Waals surface area contributed by atoms with Crippen molar-refractivity contribution in [3.8, 4) is 0 Å². The summed E-state index contributed by atoms with van der Waals surface area (Å²) < 4.78 is 5.67. The third-order valence-electron chi connectivity index (χ3n) is 3.74. The summed E-state index contributed by atoms with van der Waals surface area (Å²) in [4.78, 5) is 0. The number of hydrogen-bond acceptors (Lipinski definition) is 2. The molecule has 1 aliphatic heterocycles. The molecule has 1 aliphatic rings. The van der Waals surface area contributed by atoms with Gasteiger partial charge in [0.25, 0.3) is 0 Å². The number of rotatable bonds is 4. The minimum absolute atomic E-state index is 0.127. The van der Waals surface area contributed by atoms with Crippen molar-refractivity contribution in [3.63, 3.8) is 0 Å². The molecule has 2 N–H and O–H groups in total. The minimum Gasteiger partial charge on any atom is -0.496 e. The van der Waals surface area contributed by atoms with Gasteiger partial charge < -0.3 is 10.5 Å². The Balaban J connectivity index is 2.00. The van der Waals surface area contributed by atoms with E-state index in [2.05, 4.69) is 54.6 Å². The zero-order valence-corrected chi connectivity index (χ0v) is 11.4. The van der Waals surface area contributed by atoms with Gasteiger partial charge in [0.05, 0.1) is 12.6 Å². The molecule has 2 aromatic carbocycles. The van der Waals surface area contributed by atoms with Gasteiger partial charge in [-0.15, -0.1) is 0 Å². The molecule has 2 heteroatoms. The Morgan fingerprint density at radius 3 is 1.85 bits per heavy atom. The molecule has 1 atom stereocenters. The molecule has 2 nitrogen and oxygen atoms in total. The predicted octanol–water partition coefficient (Wildman–Crippen LogP) is 3.45. The molecular weight excluding hydrogens is 246 g/mol. The van der Waals surface area contributed by atoms with Crippen LogP contribution in [0.15, 0.2) is 72.5 Å². The topological polar surface area (TPSA) is 35.2 Å². The van der Waals surface area contributed by atoms with E-state index in [1.165, 1.54) is 11.1 Å². The second-order valence-corrected chi connectivity index (χ2v) is 5.07. The SMILES string of the molecule is NC(C1=CCCO1)C(c1ccccc1)c1ccccc1. The Morgan fingerprint density at radius 1 is 0.850 bits per heavy atom. The second kappa shape index (κ2) is 5.93. The van der Waals surface area contributed by atoms with Crippen LogP contribution >= 0.6 is 0 Å². The molecule has 0 saturated heterocycles. The van der Waals surface area contributed by atoms with Crippen molar-refractivity contribution in [1.82, 2.24) is 0 Å². The summed E-state index contributed by atoms with van der Waals surface area (Å²) in [6, 6.07) is 20.7. The molecule has 3 rings (SSSR count). The van der Waals surface area contributed by atoms with E-state index in [1.54, 1.807) is 0 Å². The van der Waals surface area contributed by atoms with Crippen molar-refractivity contribution in [2.24, 2.45) is 5.73 Å². The lowest BCUT2D eigenvalue weighted by molar-refractivity contribution is 0.220. The predicted molar refractivity (Wildman–Crippen MR) is 81.4 cm³/mol. The standard InChI is InChI=1S/C18H19NO/c19-18(16-12-7-13-20-16)17(14-8-3-1-4-9-14)15-10-5-2-6-11-15/h1-6,8-12,17-18H,7,13,19H2. The number of ether oxygens (including phenoxy) is 1. The van der Waals surface area contributed by atoms with Gasteiger partial charge in [-0.1, -0.05) is 60.7 Å². The monoisotopic (exact) mass is 265 g/mol. The quantitative estimate of drug-likeness (QED) is 0.919. The van der Waals surface area contributed by atoms with Crippen molar-refractivity contribution >= 4 is 0 Å². The van der Waals surface area contributed by atoms with Crippen LogP contribution in [0.25, 0.3) is 0 Å². The summed E-state index contributed by atoms with van der Waals surface area (Å²) in [7, 11) is 0. The highest BCUT2D eigenvalue weighted by Gasteiger charge is 2.27. The molecule has 0 aliphatic carbocycles. The summed E-state index contributed by atoms with van der Waals surface area (Å²) in [5.41, 5.74) is 8.94. The molecule has 102 valence electrons. The first kappa shape index (κ1) is 12.9. The fraction of sp³-hybridized carbons (Fsp3) is 0.222. The lowest BCUT2D eigenvalue weighted by Crippen LogP contribution is -2.31. The molecule has 1 unspecified atom stereocenters. The highest BCUT2D eigenvalue weighted by Crippen LogP contribution is 2.31. The van der Waals surface area contributed by atoms with Gasteiger partial charge in [-0.25, -0.2) is 0 Å². The van der Waals surface area contributed by atoms with Crippen LogP contribution in [0, 0.1) is 0 Å². The van der Waals surface area contributed by atoms with Crippen LogP contribution < -0.4 is 5.73 Å². The fourth-order valence-corrected chi connectivity index (χ4v) is 2.76. The summed E-state index contributed by atoms with van der Waals surface area (Å²) in [5, 5.41) is 0. The number of nitrogens with two attached hydrogens (primary N) is 1. The van der Waals surface area contributed by atoms with Gasteiger partial charge in [-0.2, -0.15) is 0 Å². The molecule has 1 heterocycles. The number of hydrogen-bond donors (Lipinski definition) is 1. The molecule has 0 bridgehead atoms. The fourth-order valence-electron chi connectivity index (χ4n) is 2.76. The van der Waals surface area contributed by atoms with Gasteiger partial charge in [0.15, 0.2) is 0 Å². The molecule has 0 spiro atoms. The van der Waals surface area contributed by atoms with E-state index in [1.807, 2.05) is 12.1 Å². The van der Waals surface area contributed by atoms with Gasteiger partial charge in [0, 0.05) is 12.3 Å². The smallest absolute Gasteiger partial charge is 0.110 e. The molecule has 0 saturated carbocycles. The van der Waals surface area contributed by atoms with E-state index in [4.69, 9.17) is 10.5 Å². The average molecular weight is 265 g/mol. The number of benzene rings is 2. The van der Waals surface area contributed by atoms with Crippen molar-refractivity contribution in [2.45, 2.75) is 18.4 Å². The van der Waals surface area contributed by atoms with Crippen molar-refractivity contribution in [1.29, 1.82) is 0 Å². The Bertz CT molecular complexity index is 537. The Morgan fingerprint density at radius 2 is 1.40 bits per heavy atom. The maximum atomic E-state index is 6.49. The van der Waals surface area contributed by atoms with E-state index in [0.717, 1.165) is 18.8 Å². The van der Waals surface area contributed by atoms with Crippen LogP contribution in [-0.2, 0) is 4.74 Å². The summed E-state index contributed by atoms with van der Waals surface area (Å²) in [5.74, 6) is 1.05. The molecule has 20 heavy (non-hydrogen) atoms. The minimum atomic E-state index is -0.137. The van der Waals surface area contributed by atoms with Crippen molar-refractivity contribution in [3.05, 3.63) is 83.6 Å². The van der Waals surface area contributed by atoms with Crippen LogP contribution in [0.5, 0.6) is 0 Å². The zero-order valence-electron chi connectivity index (χ0n) is 11.4.